The monoisotopic (exact) mass is 814 g/mol. The number of nitrogens with zero attached hydrogens (tertiary/aromatic N) is 5. The van der Waals surface area contributed by atoms with Crippen molar-refractivity contribution in [3.05, 3.63) is 69.2 Å². The minimum Gasteiger partial charge on any atom is -0.444 e. The number of carbonyl (C=O) groups excluding carboxylic acids is 2. The van der Waals surface area contributed by atoms with Gasteiger partial charge in [0.1, 0.15) is 17.0 Å². The number of hydrogen-bond acceptors (Lipinski definition) is 9. The van der Waals surface area contributed by atoms with Crippen LogP contribution in [0, 0.1) is 0 Å². The third kappa shape index (κ3) is 11.1. The fraction of sp³-hybridized carbons (Fsp3) is 0.575. The molecule has 2 fully saturated rings. The minimum absolute atomic E-state index is 0.294. The van der Waals surface area contributed by atoms with E-state index in [1.165, 1.54) is 0 Å². The average molecular weight is 816 g/mol. The van der Waals surface area contributed by atoms with Crippen LogP contribution in [0.1, 0.15) is 109 Å². The summed E-state index contributed by atoms with van der Waals surface area (Å²) in [6, 6.07) is 11.3. The molecule has 1 saturated heterocycles. The molecule has 0 unspecified atom stereocenters. The van der Waals surface area contributed by atoms with E-state index in [0.29, 0.717) is 59.3 Å². The van der Waals surface area contributed by atoms with E-state index in [2.05, 4.69) is 20.1 Å². The summed E-state index contributed by atoms with van der Waals surface area (Å²) >= 11 is 17.6. The first-order valence-electron chi connectivity index (χ1n) is 19.0. The Labute approximate surface area is 339 Å². The van der Waals surface area contributed by atoms with Gasteiger partial charge in [-0.3, -0.25) is 14.4 Å². The van der Waals surface area contributed by atoms with Gasteiger partial charge in [0.25, 0.3) is 0 Å². The molecule has 0 spiro atoms. The normalized spacial score (nSPS) is 20.4. The summed E-state index contributed by atoms with van der Waals surface area (Å²) in [5.41, 5.74) is 2.63. The van der Waals surface area contributed by atoms with Crippen molar-refractivity contribution in [2.45, 2.75) is 129 Å². The predicted molar refractivity (Wildman–Crippen MR) is 216 cm³/mol. The number of anilines is 1. The average Bonchev–Trinajstić information content (AvgIpc) is 3.33. The number of carbonyl (C=O) groups is 2. The molecule has 0 bridgehead atoms. The van der Waals surface area contributed by atoms with Crippen molar-refractivity contribution in [3.63, 3.8) is 0 Å². The Balaban J connectivity index is 0.000000219. The number of fused-ring (bicyclic) bond motifs is 4. The second-order valence-corrected chi connectivity index (χ2v) is 17.9. The van der Waals surface area contributed by atoms with Gasteiger partial charge in [-0.15, -0.1) is 10.2 Å². The summed E-state index contributed by atoms with van der Waals surface area (Å²) < 4.78 is 25.0. The van der Waals surface area contributed by atoms with Gasteiger partial charge in [0.05, 0.1) is 49.1 Å². The number of aromatic nitrogens is 3. The summed E-state index contributed by atoms with van der Waals surface area (Å²) in [6.45, 7) is 14.2. The molecule has 1 aliphatic carbocycles. The van der Waals surface area contributed by atoms with Gasteiger partial charge in [-0.1, -0.05) is 35.4 Å². The van der Waals surface area contributed by atoms with Crippen molar-refractivity contribution < 1.29 is 28.5 Å². The molecule has 2 amide bonds. The first-order chi connectivity index (χ1) is 26.0. The van der Waals surface area contributed by atoms with Crippen LogP contribution in [0.15, 0.2) is 36.4 Å². The standard InChI is InChI=1S/C26H35ClN4O4.C14H17ClN2O2S/c1-26(2,3)35-25(32)30-15-18-14-19(27)6-9-22(18)31-23(16-30)28-29-24(31)17-4-7-20(8-5-17)34-21-10-12-33-13-11-21;1-14(2,3)19-13(18)17-7-9-6-10(15)4-5-11(9)16-12(20)8-17/h6,9,14,17,20-21H,4-5,7-8,10-13,15-16H2,1-3H3;4-6H,7-8H2,1-3H3,(H,16,20)/t17-,20-;. The zero-order valence-corrected chi connectivity index (χ0v) is 34.9. The van der Waals surface area contributed by atoms with E-state index in [9.17, 15) is 9.59 Å². The Hall–Kier alpha value is -3.49. The highest BCUT2D eigenvalue weighted by Crippen LogP contribution is 2.38. The molecule has 3 aromatic rings. The second-order valence-electron chi connectivity index (χ2n) is 16.5. The third-order valence-corrected chi connectivity index (χ3v) is 10.4. The lowest BCUT2D eigenvalue weighted by Crippen LogP contribution is -2.38. The molecule has 12 nitrogen and oxygen atoms in total. The minimum atomic E-state index is -0.579. The summed E-state index contributed by atoms with van der Waals surface area (Å²) in [5.74, 6) is 1.99. The van der Waals surface area contributed by atoms with Crippen molar-refractivity contribution in [2.75, 3.05) is 25.1 Å². The lowest BCUT2D eigenvalue weighted by atomic mass is 9.86. The molecule has 1 N–H and O–H groups in total. The van der Waals surface area contributed by atoms with Gasteiger partial charge in [0.15, 0.2) is 5.82 Å². The number of benzene rings is 2. The zero-order chi connectivity index (χ0) is 39.5. The van der Waals surface area contributed by atoms with E-state index in [1.54, 1.807) is 15.9 Å². The van der Waals surface area contributed by atoms with Crippen LogP contribution in [0.2, 0.25) is 10.0 Å². The van der Waals surface area contributed by atoms with E-state index in [1.807, 2.05) is 71.9 Å². The summed E-state index contributed by atoms with van der Waals surface area (Å²) in [4.78, 5) is 29.0. The zero-order valence-electron chi connectivity index (χ0n) is 32.5. The molecule has 4 aliphatic rings. The molecule has 0 atom stereocenters. The summed E-state index contributed by atoms with van der Waals surface area (Å²) in [5, 5.41) is 13.6. The largest absolute Gasteiger partial charge is 0.444 e. The molecule has 4 heterocycles. The van der Waals surface area contributed by atoms with Crippen LogP contribution in [0.25, 0.3) is 5.69 Å². The SMILES string of the molecule is CC(C)(C)OC(=O)N1CC(=S)Nc2ccc(Cl)cc2C1.CC(C)(C)OC(=O)N1Cc2cc(Cl)ccc2-n2c(nnc2[C@H]2CC[C@H](OC3CCOCC3)CC2)C1. The summed E-state index contributed by atoms with van der Waals surface area (Å²) in [7, 11) is 0. The second kappa shape index (κ2) is 17.3. The van der Waals surface area contributed by atoms with Gasteiger partial charge in [0, 0.05) is 34.9 Å². The van der Waals surface area contributed by atoms with E-state index in [0.717, 1.165) is 85.9 Å². The van der Waals surface area contributed by atoms with Crippen molar-refractivity contribution in [3.8, 4) is 5.69 Å². The fourth-order valence-corrected chi connectivity index (χ4v) is 7.84. The highest BCUT2D eigenvalue weighted by molar-refractivity contribution is 7.80. The van der Waals surface area contributed by atoms with E-state index in [-0.39, 0.29) is 12.2 Å². The van der Waals surface area contributed by atoms with Gasteiger partial charge in [-0.2, -0.15) is 0 Å². The molecule has 1 saturated carbocycles. The number of nitrogens with one attached hydrogen (secondary N) is 1. The molecule has 55 heavy (non-hydrogen) atoms. The Morgan fingerprint density at radius 2 is 1.33 bits per heavy atom. The molecular formula is C40H52Cl2N6O6S. The smallest absolute Gasteiger partial charge is 0.411 e. The van der Waals surface area contributed by atoms with E-state index < -0.39 is 11.2 Å². The van der Waals surface area contributed by atoms with Crippen LogP contribution >= 0.6 is 35.4 Å². The molecule has 7 rings (SSSR count). The number of hydrogen-bond donors (Lipinski definition) is 1. The van der Waals surface area contributed by atoms with Crippen LogP contribution in [-0.4, -0.2) is 84.9 Å². The number of rotatable bonds is 3. The lowest BCUT2D eigenvalue weighted by molar-refractivity contribution is -0.0796. The summed E-state index contributed by atoms with van der Waals surface area (Å²) in [6.07, 6.45) is 5.90. The molecule has 15 heteroatoms. The fourth-order valence-electron chi connectivity index (χ4n) is 7.18. The predicted octanol–water partition coefficient (Wildman–Crippen LogP) is 9.22. The van der Waals surface area contributed by atoms with Crippen LogP contribution in [-0.2, 0) is 38.6 Å². The van der Waals surface area contributed by atoms with Gasteiger partial charge in [-0.25, -0.2) is 9.59 Å². The maximum atomic E-state index is 13.0. The molecule has 0 radical (unpaired) electrons. The highest BCUT2D eigenvalue weighted by Gasteiger charge is 2.34. The molecule has 2 aromatic carbocycles. The number of halogens is 2. The first-order valence-corrected chi connectivity index (χ1v) is 20.2. The van der Waals surface area contributed by atoms with Crippen LogP contribution in [0.4, 0.5) is 15.3 Å². The van der Waals surface area contributed by atoms with Crippen LogP contribution in [0.5, 0.6) is 0 Å². The molecule has 3 aliphatic heterocycles. The number of amides is 2. The quantitative estimate of drug-likeness (QED) is 0.256. The van der Waals surface area contributed by atoms with Gasteiger partial charge < -0.3 is 24.3 Å². The van der Waals surface area contributed by atoms with Crippen molar-refractivity contribution in [2.24, 2.45) is 0 Å². The Kier molecular flexibility index (Phi) is 13.0. The Morgan fingerprint density at radius 3 is 1.96 bits per heavy atom. The van der Waals surface area contributed by atoms with E-state index >= 15 is 0 Å². The Morgan fingerprint density at radius 1 is 0.764 bits per heavy atom. The first kappa shape index (κ1) is 41.2. The lowest BCUT2D eigenvalue weighted by Gasteiger charge is -2.32. The highest BCUT2D eigenvalue weighted by atomic mass is 35.5. The van der Waals surface area contributed by atoms with Crippen molar-refractivity contribution >= 4 is 58.3 Å². The Bertz CT molecular complexity index is 1860. The molecule has 1 aromatic heterocycles. The van der Waals surface area contributed by atoms with Crippen LogP contribution < -0.4 is 5.32 Å². The van der Waals surface area contributed by atoms with Gasteiger partial charge in [-0.05, 0) is 128 Å². The van der Waals surface area contributed by atoms with Crippen molar-refractivity contribution in [1.82, 2.24) is 24.6 Å². The molecular weight excluding hydrogens is 763 g/mol. The topological polar surface area (TPSA) is 120 Å². The van der Waals surface area contributed by atoms with Gasteiger partial charge >= 0.3 is 12.2 Å². The van der Waals surface area contributed by atoms with Gasteiger partial charge in [0.2, 0.25) is 0 Å². The number of ether oxygens (including phenoxy) is 4. The maximum absolute atomic E-state index is 13.0. The van der Waals surface area contributed by atoms with Crippen LogP contribution in [0.3, 0.4) is 0 Å². The van der Waals surface area contributed by atoms with Crippen molar-refractivity contribution in [1.29, 1.82) is 0 Å². The third-order valence-electron chi connectivity index (χ3n) is 9.66. The number of thiocarbonyl (C=S) groups is 1. The molecule has 298 valence electrons. The van der Waals surface area contributed by atoms with E-state index in [4.69, 9.17) is 54.4 Å². The maximum Gasteiger partial charge on any atom is 0.411 e.